The van der Waals surface area contributed by atoms with Gasteiger partial charge in [0.05, 0.1) is 16.3 Å². The molecule has 3 aromatic rings. The number of nitrogens with zero attached hydrogens (tertiary/aromatic N) is 1. The van der Waals surface area contributed by atoms with E-state index in [-0.39, 0.29) is 11.9 Å². The van der Waals surface area contributed by atoms with Crippen LogP contribution in [0.1, 0.15) is 39.2 Å². The summed E-state index contributed by atoms with van der Waals surface area (Å²) in [5.41, 5.74) is 1.99. The van der Waals surface area contributed by atoms with E-state index < -0.39 is 0 Å². The molecule has 0 aliphatic heterocycles. The van der Waals surface area contributed by atoms with Crippen molar-refractivity contribution in [3.8, 4) is 16.7 Å². The van der Waals surface area contributed by atoms with Gasteiger partial charge >= 0.3 is 0 Å². The van der Waals surface area contributed by atoms with Crippen LogP contribution in [0.3, 0.4) is 0 Å². The molecule has 0 saturated heterocycles. The summed E-state index contributed by atoms with van der Waals surface area (Å²) < 4.78 is 13.0. The third-order valence-corrected chi connectivity index (χ3v) is 4.84. The molecular formula is C21H23NO3S. The van der Waals surface area contributed by atoms with Gasteiger partial charge < -0.3 is 9.47 Å². The molecule has 1 aromatic heterocycles. The molecule has 0 atom stereocenters. The second-order valence-electron chi connectivity index (χ2n) is 6.39. The van der Waals surface area contributed by atoms with Crippen molar-refractivity contribution in [3.05, 3.63) is 48.0 Å². The maximum Gasteiger partial charge on any atom is 0.279 e. The van der Waals surface area contributed by atoms with Crippen LogP contribution in [0.2, 0.25) is 0 Å². The minimum Gasteiger partial charge on any atom is -0.487 e. The minimum absolute atomic E-state index is 0.0280. The zero-order valence-electron chi connectivity index (χ0n) is 15.3. The first-order chi connectivity index (χ1) is 12.5. The predicted octanol–water partition coefficient (Wildman–Crippen LogP) is 5.79. The highest BCUT2D eigenvalue weighted by Crippen LogP contribution is 2.37. The number of Topliss-reactive ketones (excluding diaryl/α,β-unsaturated/α-hetero) is 1. The van der Waals surface area contributed by atoms with E-state index in [2.05, 4.69) is 4.98 Å². The molecule has 0 N–H and O–H groups in total. The van der Waals surface area contributed by atoms with Gasteiger partial charge in [0, 0.05) is 12.8 Å². The fraction of sp³-hybridized carbons (Fsp3) is 0.333. The number of benzene rings is 2. The Balaban J connectivity index is 1.83. The molecule has 0 amide bonds. The van der Waals surface area contributed by atoms with Crippen molar-refractivity contribution in [1.29, 1.82) is 0 Å². The fourth-order valence-corrected chi connectivity index (χ4v) is 3.42. The second-order valence-corrected chi connectivity index (χ2v) is 7.38. The van der Waals surface area contributed by atoms with E-state index >= 15 is 0 Å². The maximum atomic E-state index is 11.6. The molecule has 4 nitrogen and oxygen atoms in total. The Morgan fingerprint density at radius 3 is 2.69 bits per heavy atom. The largest absolute Gasteiger partial charge is 0.487 e. The van der Waals surface area contributed by atoms with Crippen LogP contribution in [0.5, 0.6) is 16.7 Å². The lowest BCUT2D eigenvalue weighted by Crippen LogP contribution is -2.07. The third-order valence-electron chi connectivity index (χ3n) is 3.93. The molecule has 0 aliphatic carbocycles. The van der Waals surface area contributed by atoms with Gasteiger partial charge in [0.15, 0.2) is 11.5 Å². The van der Waals surface area contributed by atoms with E-state index in [9.17, 15) is 4.79 Å². The van der Waals surface area contributed by atoms with Crippen LogP contribution in [0.15, 0.2) is 42.5 Å². The number of hydrogen-bond acceptors (Lipinski definition) is 5. The second kappa shape index (κ2) is 8.32. The Morgan fingerprint density at radius 2 is 1.96 bits per heavy atom. The van der Waals surface area contributed by atoms with Crippen LogP contribution < -0.4 is 9.47 Å². The number of carbonyl (C=O) groups excluding carboxylic acids is 1. The Bertz CT molecular complexity index is 868. The number of fused-ring (bicyclic) bond motifs is 1. The summed E-state index contributed by atoms with van der Waals surface area (Å²) in [6.07, 6.45) is 1.87. The van der Waals surface area contributed by atoms with Crippen LogP contribution in [-0.2, 0) is 11.2 Å². The monoisotopic (exact) mass is 369 g/mol. The molecule has 0 fully saturated rings. The zero-order valence-corrected chi connectivity index (χ0v) is 16.1. The average Bonchev–Trinajstić information content (AvgIpc) is 3.03. The van der Waals surface area contributed by atoms with Crippen molar-refractivity contribution in [2.45, 2.75) is 46.1 Å². The summed E-state index contributed by atoms with van der Waals surface area (Å²) in [7, 11) is 0. The molecule has 26 heavy (non-hydrogen) atoms. The molecule has 0 saturated carbocycles. The van der Waals surface area contributed by atoms with Crippen molar-refractivity contribution in [3.63, 3.8) is 0 Å². The number of para-hydroxylation sites is 1. The van der Waals surface area contributed by atoms with E-state index in [4.69, 9.17) is 9.47 Å². The van der Waals surface area contributed by atoms with Crippen molar-refractivity contribution in [2.24, 2.45) is 0 Å². The SMILES string of the molecule is CCC(=O)CCc1ccc(Oc2nc3ccccc3s2)c(OC(C)C)c1. The summed E-state index contributed by atoms with van der Waals surface area (Å²) in [4.78, 5) is 16.1. The smallest absolute Gasteiger partial charge is 0.279 e. The molecule has 0 aliphatic rings. The Morgan fingerprint density at radius 1 is 1.15 bits per heavy atom. The standard InChI is InChI=1S/C21H23NO3S/c1-4-16(23)11-9-15-10-12-18(19(13-15)24-14(2)3)25-21-22-17-7-5-6-8-20(17)26-21/h5-8,10,12-14H,4,9,11H2,1-3H3. The molecule has 0 bridgehead atoms. The highest BCUT2D eigenvalue weighted by atomic mass is 32.1. The first-order valence-corrected chi connectivity index (χ1v) is 9.71. The van der Waals surface area contributed by atoms with Gasteiger partial charge in [-0.1, -0.05) is 36.5 Å². The van der Waals surface area contributed by atoms with Gasteiger partial charge in [-0.25, -0.2) is 4.98 Å². The average molecular weight is 369 g/mol. The number of carbonyl (C=O) groups is 1. The highest BCUT2D eigenvalue weighted by molar-refractivity contribution is 7.20. The molecule has 5 heteroatoms. The van der Waals surface area contributed by atoms with Gasteiger partial charge in [0.1, 0.15) is 5.78 Å². The number of thiazole rings is 1. The number of hydrogen-bond donors (Lipinski definition) is 0. The molecule has 0 spiro atoms. The Kier molecular flexibility index (Phi) is 5.89. The summed E-state index contributed by atoms with van der Waals surface area (Å²) in [6.45, 7) is 5.86. The lowest BCUT2D eigenvalue weighted by Gasteiger charge is -2.15. The van der Waals surface area contributed by atoms with Gasteiger partial charge in [-0.3, -0.25) is 4.79 Å². The van der Waals surface area contributed by atoms with E-state index in [0.29, 0.717) is 36.0 Å². The highest BCUT2D eigenvalue weighted by Gasteiger charge is 2.13. The molecule has 2 aromatic carbocycles. The molecular weight excluding hydrogens is 346 g/mol. The van der Waals surface area contributed by atoms with Crippen molar-refractivity contribution in [1.82, 2.24) is 4.98 Å². The van der Waals surface area contributed by atoms with Crippen molar-refractivity contribution in [2.75, 3.05) is 0 Å². The van der Waals surface area contributed by atoms with Crippen LogP contribution in [0.4, 0.5) is 0 Å². The summed E-state index contributed by atoms with van der Waals surface area (Å²) >= 11 is 1.51. The summed E-state index contributed by atoms with van der Waals surface area (Å²) in [6, 6.07) is 13.8. The number of aromatic nitrogens is 1. The van der Waals surface area contributed by atoms with Crippen LogP contribution in [-0.4, -0.2) is 16.9 Å². The van der Waals surface area contributed by atoms with Crippen molar-refractivity contribution < 1.29 is 14.3 Å². The van der Waals surface area contributed by atoms with E-state index in [1.807, 2.05) is 63.2 Å². The van der Waals surface area contributed by atoms with Crippen LogP contribution >= 0.6 is 11.3 Å². The number of rotatable bonds is 8. The fourth-order valence-electron chi connectivity index (χ4n) is 2.59. The third kappa shape index (κ3) is 4.61. The quantitative estimate of drug-likeness (QED) is 0.504. The predicted molar refractivity (Wildman–Crippen MR) is 106 cm³/mol. The van der Waals surface area contributed by atoms with Gasteiger partial charge in [-0.15, -0.1) is 0 Å². The lowest BCUT2D eigenvalue weighted by atomic mass is 10.1. The Labute approximate surface area is 157 Å². The number of aryl methyl sites for hydroxylation is 1. The van der Waals surface area contributed by atoms with E-state index in [1.54, 1.807) is 0 Å². The molecule has 136 valence electrons. The zero-order chi connectivity index (χ0) is 18.5. The molecule has 3 rings (SSSR count). The van der Waals surface area contributed by atoms with E-state index in [0.717, 1.165) is 15.8 Å². The van der Waals surface area contributed by atoms with Gasteiger partial charge in [0.25, 0.3) is 5.19 Å². The number of ketones is 1. The molecule has 0 unspecified atom stereocenters. The van der Waals surface area contributed by atoms with Gasteiger partial charge in [0.2, 0.25) is 0 Å². The number of ether oxygens (including phenoxy) is 2. The van der Waals surface area contributed by atoms with Crippen LogP contribution in [0, 0.1) is 0 Å². The maximum absolute atomic E-state index is 11.6. The first kappa shape index (κ1) is 18.4. The lowest BCUT2D eigenvalue weighted by molar-refractivity contribution is -0.118. The van der Waals surface area contributed by atoms with E-state index in [1.165, 1.54) is 11.3 Å². The normalized spacial score (nSPS) is 11.1. The summed E-state index contributed by atoms with van der Waals surface area (Å²) in [5.74, 6) is 1.59. The summed E-state index contributed by atoms with van der Waals surface area (Å²) in [5, 5.41) is 0.591. The molecule has 0 radical (unpaired) electrons. The topological polar surface area (TPSA) is 48.4 Å². The molecule has 1 heterocycles. The van der Waals surface area contributed by atoms with Crippen molar-refractivity contribution >= 4 is 27.3 Å². The van der Waals surface area contributed by atoms with Crippen LogP contribution in [0.25, 0.3) is 10.2 Å². The van der Waals surface area contributed by atoms with Gasteiger partial charge in [-0.2, -0.15) is 0 Å². The van der Waals surface area contributed by atoms with Gasteiger partial charge in [-0.05, 0) is 50.1 Å². The Hall–Kier alpha value is -2.40. The minimum atomic E-state index is 0.0280. The first-order valence-electron chi connectivity index (χ1n) is 8.90.